The number of hydrogen-bond donors (Lipinski definition) is 1. The lowest BCUT2D eigenvalue weighted by molar-refractivity contribution is 0.0526. The lowest BCUT2D eigenvalue weighted by Crippen LogP contribution is -2.38. The molecule has 6 rings (SSSR count). The van der Waals surface area contributed by atoms with Gasteiger partial charge in [0, 0.05) is 17.4 Å². The molecule has 206 valence electrons. The minimum atomic E-state index is -0.392. The van der Waals surface area contributed by atoms with Crippen LogP contribution in [0, 0.1) is 13.8 Å². The first-order chi connectivity index (χ1) is 19.9. The molecule has 1 atom stereocenters. The minimum absolute atomic E-state index is 0.257. The first kappa shape index (κ1) is 26.1. The van der Waals surface area contributed by atoms with Gasteiger partial charge in [-0.15, -0.1) is 0 Å². The molecular weight excluding hydrogens is 514 g/mol. The van der Waals surface area contributed by atoms with E-state index in [0.717, 1.165) is 39.6 Å². The van der Waals surface area contributed by atoms with Crippen LogP contribution >= 0.6 is 0 Å². The summed E-state index contributed by atoms with van der Waals surface area (Å²) in [5.74, 6) is 0.525. The second-order valence-corrected chi connectivity index (χ2v) is 10.1. The second-order valence-electron chi connectivity index (χ2n) is 10.1. The summed E-state index contributed by atoms with van der Waals surface area (Å²) in [4.78, 5) is 28.1. The molecule has 0 fully saturated rings. The van der Waals surface area contributed by atoms with Crippen LogP contribution in [0.2, 0.25) is 0 Å². The van der Waals surface area contributed by atoms with Crippen molar-refractivity contribution in [2.45, 2.75) is 33.4 Å². The van der Waals surface area contributed by atoms with E-state index in [2.05, 4.69) is 41.1 Å². The van der Waals surface area contributed by atoms with Gasteiger partial charge in [-0.3, -0.25) is 0 Å². The summed E-state index contributed by atoms with van der Waals surface area (Å²) in [6, 6.07) is 28.5. The van der Waals surface area contributed by atoms with Crippen molar-refractivity contribution < 1.29 is 14.3 Å². The minimum Gasteiger partial charge on any atom is -0.462 e. The molecule has 0 saturated carbocycles. The molecule has 1 N–H and O–H groups in total. The van der Waals surface area contributed by atoms with Gasteiger partial charge in [-0.25, -0.2) is 14.3 Å². The Kier molecular flexibility index (Phi) is 6.89. The van der Waals surface area contributed by atoms with Gasteiger partial charge in [0.15, 0.2) is 0 Å². The van der Waals surface area contributed by atoms with E-state index >= 15 is 0 Å². The average molecular weight is 546 g/mol. The highest BCUT2D eigenvalue weighted by atomic mass is 16.5. The summed E-state index contributed by atoms with van der Waals surface area (Å²) in [5, 5.41) is 7.97. The van der Waals surface area contributed by atoms with E-state index in [1.54, 1.807) is 31.2 Å². The standard InChI is InChI=1S/C33H31N5O3/c1-4-41-32(39)24-15-17-26(18-16-24)34-33(40)37-21-28-23(3)35-38(27-12-6-5-7-13-27)31(28)36-19-9-14-29(36)30(37)25-11-8-10-22(2)20-25/h5-20,30H,4,21H2,1-3H3,(H,34,40). The molecule has 3 aromatic carbocycles. The van der Waals surface area contributed by atoms with Crippen molar-refractivity contribution in [1.82, 2.24) is 19.2 Å². The topological polar surface area (TPSA) is 81.4 Å². The molecule has 3 heterocycles. The monoisotopic (exact) mass is 545 g/mol. The highest BCUT2D eigenvalue weighted by Crippen LogP contribution is 2.39. The zero-order valence-corrected chi connectivity index (χ0v) is 23.2. The Labute approximate surface area is 238 Å². The number of benzene rings is 3. The highest BCUT2D eigenvalue weighted by Gasteiger charge is 2.36. The van der Waals surface area contributed by atoms with Crippen molar-refractivity contribution in [3.63, 3.8) is 0 Å². The Morgan fingerprint density at radius 2 is 1.73 bits per heavy atom. The van der Waals surface area contributed by atoms with Gasteiger partial charge in [0.05, 0.1) is 41.8 Å². The van der Waals surface area contributed by atoms with Crippen LogP contribution in [0.15, 0.2) is 97.2 Å². The maximum absolute atomic E-state index is 14.1. The molecule has 5 aromatic rings. The zero-order valence-electron chi connectivity index (χ0n) is 23.2. The number of urea groups is 1. The van der Waals surface area contributed by atoms with Crippen molar-refractivity contribution in [3.05, 3.63) is 131 Å². The molecule has 0 bridgehead atoms. The largest absolute Gasteiger partial charge is 0.462 e. The number of nitrogens with zero attached hydrogens (tertiary/aromatic N) is 4. The third-order valence-corrected chi connectivity index (χ3v) is 7.35. The maximum atomic E-state index is 14.1. The van der Waals surface area contributed by atoms with Gasteiger partial charge in [0.1, 0.15) is 5.82 Å². The number of carbonyl (C=O) groups excluding carboxylic acids is 2. The second kappa shape index (κ2) is 10.8. The summed E-state index contributed by atoms with van der Waals surface area (Å²) in [5.41, 5.74) is 6.87. The first-order valence-corrected chi connectivity index (χ1v) is 13.7. The molecule has 0 radical (unpaired) electrons. The van der Waals surface area contributed by atoms with E-state index in [1.165, 1.54) is 0 Å². The SMILES string of the molecule is CCOC(=O)c1ccc(NC(=O)N2Cc3c(C)nn(-c4ccccc4)c3-n3cccc3C2c2cccc(C)c2)cc1. The average Bonchev–Trinajstić information content (AvgIpc) is 3.54. The van der Waals surface area contributed by atoms with E-state index in [-0.39, 0.29) is 12.1 Å². The number of rotatable bonds is 5. The Morgan fingerprint density at radius 3 is 2.46 bits per heavy atom. The molecule has 2 aromatic heterocycles. The van der Waals surface area contributed by atoms with Crippen LogP contribution < -0.4 is 5.32 Å². The number of anilines is 1. The summed E-state index contributed by atoms with van der Waals surface area (Å²) >= 11 is 0. The van der Waals surface area contributed by atoms with E-state index in [1.807, 2.05) is 65.2 Å². The van der Waals surface area contributed by atoms with Crippen molar-refractivity contribution in [1.29, 1.82) is 0 Å². The predicted molar refractivity (Wildman–Crippen MR) is 158 cm³/mol. The molecule has 1 aliphatic heterocycles. The third-order valence-electron chi connectivity index (χ3n) is 7.35. The number of nitrogens with one attached hydrogen (secondary N) is 1. The lowest BCUT2D eigenvalue weighted by atomic mass is 10.00. The Balaban J connectivity index is 1.45. The van der Waals surface area contributed by atoms with Crippen LogP contribution in [-0.2, 0) is 11.3 Å². The fraction of sp³-hybridized carbons (Fsp3) is 0.182. The van der Waals surface area contributed by atoms with Crippen molar-refractivity contribution in [3.8, 4) is 11.5 Å². The molecule has 0 saturated heterocycles. The Bertz CT molecular complexity index is 1720. The van der Waals surface area contributed by atoms with Gasteiger partial charge in [0.2, 0.25) is 0 Å². The van der Waals surface area contributed by atoms with Crippen LogP contribution in [-0.4, -0.2) is 37.9 Å². The smallest absolute Gasteiger partial charge is 0.338 e. The fourth-order valence-electron chi connectivity index (χ4n) is 5.44. The van der Waals surface area contributed by atoms with Crippen LogP contribution in [0.1, 0.15) is 51.4 Å². The Hall–Kier alpha value is -5.11. The van der Waals surface area contributed by atoms with Crippen LogP contribution in [0.5, 0.6) is 0 Å². The number of fused-ring (bicyclic) bond motifs is 3. The number of esters is 1. The normalized spacial score (nSPS) is 14.1. The maximum Gasteiger partial charge on any atom is 0.338 e. The molecule has 8 heteroatoms. The quantitative estimate of drug-likeness (QED) is 0.253. The number of amides is 2. The van der Waals surface area contributed by atoms with Gasteiger partial charge in [-0.2, -0.15) is 5.10 Å². The molecule has 0 aliphatic carbocycles. The molecular formula is C33H31N5O3. The lowest BCUT2D eigenvalue weighted by Gasteiger charge is -2.31. The molecule has 41 heavy (non-hydrogen) atoms. The van der Waals surface area contributed by atoms with Gasteiger partial charge >= 0.3 is 12.0 Å². The molecule has 2 amide bonds. The summed E-state index contributed by atoms with van der Waals surface area (Å²) in [6.07, 6.45) is 2.03. The fourth-order valence-corrected chi connectivity index (χ4v) is 5.44. The first-order valence-electron chi connectivity index (χ1n) is 13.7. The highest BCUT2D eigenvalue weighted by molar-refractivity contribution is 5.92. The molecule has 8 nitrogen and oxygen atoms in total. The van der Waals surface area contributed by atoms with Gasteiger partial charge in [-0.05, 0) is 74.9 Å². The number of para-hydroxylation sites is 1. The number of aryl methyl sites for hydroxylation is 2. The van der Waals surface area contributed by atoms with Crippen LogP contribution in [0.4, 0.5) is 10.5 Å². The number of ether oxygens (including phenoxy) is 1. The van der Waals surface area contributed by atoms with Crippen LogP contribution in [0.25, 0.3) is 11.5 Å². The predicted octanol–water partition coefficient (Wildman–Crippen LogP) is 6.59. The third kappa shape index (κ3) is 4.89. The van der Waals surface area contributed by atoms with Crippen molar-refractivity contribution in [2.24, 2.45) is 0 Å². The number of aromatic nitrogens is 3. The van der Waals surface area contributed by atoms with E-state index in [9.17, 15) is 9.59 Å². The van der Waals surface area contributed by atoms with E-state index in [0.29, 0.717) is 24.4 Å². The molecule has 0 spiro atoms. The van der Waals surface area contributed by atoms with E-state index < -0.39 is 5.97 Å². The molecule has 1 aliphatic rings. The van der Waals surface area contributed by atoms with Crippen molar-refractivity contribution >= 4 is 17.7 Å². The van der Waals surface area contributed by atoms with E-state index in [4.69, 9.17) is 9.84 Å². The number of carbonyl (C=O) groups is 2. The van der Waals surface area contributed by atoms with Crippen LogP contribution in [0.3, 0.4) is 0 Å². The van der Waals surface area contributed by atoms with Gasteiger partial charge in [0.25, 0.3) is 0 Å². The van der Waals surface area contributed by atoms with Gasteiger partial charge in [-0.1, -0.05) is 48.0 Å². The summed E-state index contributed by atoms with van der Waals surface area (Å²) in [7, 11) is 0. The summed E-state index contributed by atoms with van der Waals surface area (Å²) < 4.78 is 9.19. The van der Waals surface area contributed by atoms with Crippen molar-refractivity contribution in [2.75, 3.05) is 11.9 Å². The van der Waals surface area contributed by atoms with Gasteiger partial charge < -0.3 is 19.5 Å². The number of hydrogen-bond acceptors (Lipinski definition) is 4. The summed E-state index contributed by atoms with van der Waals surface area (Å²) in [6.45, 7) is 6.46. The Morgan fingerprint density at radius 1 is 0.951 bits per heavy atom. The molecule has 1 unspecified atom stereocenters. The zero-order chi connectivity index (χ0) is 28.5.